The smallest absolute Gasteiger partial charge is 0.221 e. The first kappa shape index (κ1) is 10.9. The summed E-state index contributed by atoms with van der Waals surface area (Å²) in [5.74, 6) is 0.199. The number of rotatable bonds is 1. The maximum absolute atomic E-state index is 11.2. The van der Waals surface area contributed by atoms with Crippen LogP contribution in [0.2, 0.25) is 0 Å². The molecule has 0 spiro atoms. The Morgan fingerprint density at radius 1 is 1.20 bits per heavy atom. The Balaban J connectivity index is 1.84. The third-order valence-corrected chi connectivity index (χ3v) is 3.61. The summed E-state index contributed by atoms with van der Waals surface area (Å²) in [6.07, 6.45) is 5.35. The molecule has 3 N–H and O–H groups in total. The quantitative estimate of drug-likeness (QED) is 0.645. The minimum absolute atomic E-state index is 0.199. The highest BCUT2D eigenvalue weighted by atomic mass is 16.1. The third-order valence-electron chi connectivity index (χ3n) is 3.61. The average Bonchev–Trinajstić information content (AvgIpc) is 2.44. The molecule has 1 aliphatic carbocycles. The molecule has 86 valence electrons. The van der Waals surface area contributed by atoms with Gasteiger partial charge in [-0.1, -0.05) is 0 Å². The van der Waals surface area contributed by atoms with E-state index in [2.05, 4.69) is 10.2 Å². The molecule has 4 heteroatoms. The van der Waals surface area contributed by atoms with Crippen molar-refractivity contribution in [1.29, 1.82) is 0 Å². The molecule has 2 rings (SSSR count). The van der Waals surface area contributed by atoms with Gasteiger partial charge in [0.2, 0.25) is 5.91 Å². The fourth-order valence-corrected chi connectivity index (χ4v) is 2.62. The number of nitrogens with one attached hydrogen (secondary N) is 1. The molecule has 2 aliphatic rings. The van der Waals surface area contributed by atoms with Gasteiger partial charge in [0.25, 0.3) is 0 Å². The van der Waals surface area contributed by atoms with Crippen LogP contribution in [-0.2, 0) is 4.79 Å². The molecule has 0 aromatic heterocycles. The predicted molar refractivity (Wildman–Crippen MR) is 59.4 cm³/mol. The van der Waals surface area contributed by atoms with E-state index in [9.17, 15) is 4.79 Å². The fraction of sp³-hybridized carbons (Fsp3) is 0.909. The standard InChI is InChI=1S/C11H21N3O/c12-9-1-3-10(4-2-9)14-7-5-11(15)13-6-8-14/h9-10H,1-8,12H2,(H,13,15). The van der Waals surface area contributed by atoms with Crippen LogP contribution < -0.4 is 11.1 Å². The number of hydrogen-bond donors (Lipinski definition) is 2. The van der Waals surface area contributed by atoms with Gasteiger partial charge in [-0.2, -0.15) is 0 Å². The maximum Gasteiger partial charge on any atom is 0.221 e. The normalized spacial score (nSPS) is 34.6. The van der Waals surface area contributed by atoms with Gasteiger partial charge in [-0.05, 0) is 25.7 Å². The SMILES string of the molecule is NC1CCC(N2CCNC(=O)CC2)CC1. The lowest BCUT2D eigenvalue weighted by Gasteiger charge is -2.34. The average molecular weight is 211 g/mol. The Morgan fingerprint density at radius 3 is 2.67 bits per heavy atom. The van der Waals surface area contributed by atoms with E-state index >= 15 is 0 Å². The summed E-state index contributed by atoms with van der Waals surface area (Å²) in [6.45, 7) is 2.73. The van der Waals surface area contributed by atoms with Gasteiger partial charge < -0.3 is 11.1 Å². The highest BCUT2D eigenvalue weighted by Gasteiger charge is 2.25. The monoisotopic (exact) mass is 211 g/mol. The van der Waals surface area contributed by atoms with Gasteiger partial charge in [-0.3, -0.25) is 9.69 Å². The second-order valence-corrected chi connectivity index (χ2v) is 4.70. The lowest BCUT2D eigenvalue weighted by atomic mass is 9.90. The van der Waals surface area contributed by atoms with E-state index < -0.39 is 0 Å². The van der Waals surface area contributed by atoms with Crippen molar-refractivity contribution in [3.05, 3.63) is 0 Å². The summed E-state index contributed by atoms with van der Waals surface area (Å²) < 4.78 is 0. The molecule has 1 heterocycles. The van der Waals surface area contributed by atoms with Crippen LogP contribution in [-0.4, -0.2) is 42.5 Å². The third kappa shape index (κ3) is 2.92. The van der Waals surface area contributed by atoms with Gasteiger partial charge in [0, 0.05) is 38.1 Å². The van der Waals surface area contributed by atoms with Crippen molar-refractivity contribution in [3.63, 3.8) is 0 Å². The van der Waals surface area contributed by atoms with Crippen molar-refractivity contribution in [3.8, 4) is 0 Å². The largest absolute Gasteiger partial charge is 0.355 e. The topological polar surface area (TPSA) is 58.4 Å². The Morgan fingerprint density at radius 2 is 1.93 bits per heavy atom. The zero-order valence-electron chi connectivity index (χ0n) is 9.24. The van der Waals surface area contributed by atoms with Gasteiger partial charge in [-0.15, -0.1) is 0 Å². The van der Waals surface area contributed by atoms with Crippen molar-refractivity contribution in [2.75, 3.05) is 19.6 Å². The Labute approximate surface area is 91.2 Å². The van der Waals surface area contributed by atoms with Crippen LogP contribution in [0.25, 0.3) is 0 Å². The van der Waals surface area contributed by atoms with Gasteiger partial charge >= 0.3 is 0 Å². The lowest BCUT2D eigenvalue weighted by molar-refractivity contribution is -0.120. The second kappa shape index (κ2) is 4.94. The van der Waals surface area contributed by atoms with Gasteiger partial charge in [-0.25, -0.2) is 0 Å². The number of carbonyl (C=O) groups excluding carboxylic acids is 1. The molecule has 2 fully saturated rings. The molecule has 1 saturated heterocycles. The first-order valence-electron chi connectivity index (χ1n) is 6.02. The molecule has 0 bridgehead atoms. The van der Waals surface area contributed by atoms with Crippen molar-refractivity contribution in [1.82, 2.24) is 10.2 Å². The van der Waals surface area contributed by atoms with Gasteiger partial charge in [0.1, 0.15) is 0 Å². The van der Waals surface area contributed by atoms with Crippen LogP contribution in [0, 0.1) is 0 Å². The van der Waals surface area contributed by atoms with Gasteiger partial charge in [0.05, 0.1) is 0 Å². The number of nitrogens with zero attached hydrogens (tertiary/aromatic N) is 1. The molecule has 0 atom stereocenters. The van der Waals surface area contributed by atoms with E-state index in [1.807, 2.05) is 0 Å². The molecule has 1 aliphatic heterocycles. The molecular weight excluding hydrogens is 190 g/mol. The molecule has 1 saturated carbocycles. The summed E-state index contributed by atoms with van der Waals surface area (Å²) in [4.78, 5) is 13.7. The molecule has 1 amide bonds. The van der Waals surface area contributed by atoms with E-state index in [-0.39, 0.29) is 5.91 Å². The minimum Gasteiger partial charge on any atom is -0.355 e. The van der Waals surface area contributed by atoms with E-state index in [1.165, 1.54) is 12.8 Å². The molecular formula is C11H21N3O. The summed E-state index contributed by atoms with van der Waals surface area (Å²) in [6, 6.07) is 1.07. The fourth-order valence-electron chi connectivity index (χ4n) is 2.62. The first-order valence-corrected chi connectivity index (χ1v) is 6.02. The minimum atomic E-state index is 0.199. The number of carbonyl (C=O) groups is 1. The van der Waals surface area contributed by atoms with Crippen LogP contribution in [0.15, 0.2) is 0 Å². The number of amides is 1. The van der Waals surface area contributed by atoms with Crippen molar-refractivity contribution < 1.29 is 4.79 Å². The summed E-state index contributed by atoms with van der Waals surface area (Å²) >= 11 is 0. The van der Waals surface area contributed by atoms with Crippen LogP contribution in [0.5, 0.6) is 0 Å². The Kier molecular flexibility index (Phi) is 3.59. The summed E-state index contributed by atoms with van der Waals surface area (Å²) in [5, 5.41) is 2.92. The zero-order chi connectivity index (χ0) is 10.7. The number of nitrogens with two attached hydrogens (primary N) is 1. The van der Waals surface area contributed by atoms with Crippen molar-refractivity contribution in [2.24, 2.45) is 5.73 Å². The Hall–Kier alpha value is -0.610. The summed E-state index contributed by atoms with van der Waals surface area (Å²) in [5.41, 5.74) is 5.89. The van der Waals surface area contributed by atoms with Crippen LogP contribution in [0.3, 0.4) is 0 Å². The maximum atomic E-state index is 11.2. The second-order valence-electron chi connectivity index (χ2n) is 4.70. The van der Waals surface area contributed by atoms with E-state index in [0.29, 0.717) is 18.5 Å². The highest BCUT2D eigenvalue weighted by Crippen LogP contribution is 2.22. The molecule has 0 unspecified atom stereocenters. The van der Waals surface area contributed by atoms with Crippen LogP contribution in [0.4, 0.5) is 0 Å². The highest BCUT2D eigenvalue weighted by molar-refractivity contribution is 5.76. The lowest BCUT2D eigenvalue weighted by Crippen LogP contribution is -2.42. The van der Waals surface area contributed by atoms with Gasteiger partial charge in [0.15, 0.2) is 0 Å². The Bertz CT molecular complexity index is 224. The molecule has 0 radical (unpaired) electrons. The van der Waals surface area contributed by atoms with E-state index in [1.54, 1.807) is 0 Å². The molecule has 4 nitrogen and oxygen atoms in total. The van der Waals surface area contributed by atoms with Crippen molar-refractivity contribution in [2.45, 2.75) is 44.2 Å². The van der Waals surface area contributed by atoms with E-state index in [0.717, 1.165) is 32.5 Å². The molecule has 0 aromatic rings. The van der Waals surface area contributed by atoms with Crippen LogP contribution in [0.1, 0.15) is 32.1 Å². The first-order chi connectivity index (χ1) is 7.25. The summed E-state index contributed by atoms with van der Waals surface area (Å²) in [7, 11) is 0. The number of hydrogen-bond acceptors (Lipinski definition) is 3. The predicted octanol–water partition coefficient (Wildman–Crippen LogP) is 0.0782. The molecule has 15 heavy (non-hydrogen) atoms. The molecule has 0 aromatic carbocycles. The van der Waals surface area contributed by atoms with Crippen LogP contribution >= 0.6 is 0 Å². The van der Waals surface area contributed by atoms with Crippen molar-refractivity contribution >= 4 is 5.91 Å². The van der Waals surface area contributed by atoms with E-state index in [4.69, 9.17) is 5.73 Å². The zero-order valence-corrected chi connectivity index (χ0v) is 9.24.